The summed E-state index contributed by atoms with van der Waals surface area (Å²) in [5.41, 5.74) is 3.06. The number of ether oxygens (including phenoxy) is 2. The standard InChI is InChI=1S/C30H30F3N7O3/c1-5-43-23(41)12-17(2)21-14-35-27(24-25(19-10-11-19)36-16-37-29(24)42-4)39-26(21)34-13-18-6-8-20(9-7-18)28-38-22(15-40(28)3)30(31,32)33/h6-9,12,14-16,19H,5,10-11,13H2,1-4H3,(H,34,35,39)/b17-12+. The molecule has 1 saturated carbocycles. The summed E-state index contributed by atoms with van der Waals surface area (Å²) in [6.07, 6.45) is 2.92. The zero-order valence-electron chi connectivity index (χ0n) is 24.1. The fourth-order valence-electron chi connectivity index (χ4n) is 4.61. The van der Waals surface area contributed by atoms with Crippen molar-refractivity contribution in [1.29, 1.82) is 0 Å². The zero-order valence-corrected chi connectivity index (χ0v) is 24.1. The highest BCUT2D eigenvalue weighted by Gasteiger charge is 2.34. The lowest BCUT2D eigenvalue weighted by molar-refractivity contribution is -0.141. The number of allylic oxidation sites excluding steroid dienone is 1. The number of benzene rings is 1. The quantitative estimate of drug-likeness (QED) is 0.179. The molecule has 0 radical (unpaired) electrons. The highest BCUT2D eigenvalue weighted by molar-refractivity contribution is 5.92. The van der Waals surface area contributed by atoms with Crippen molar-refractivity contribution in [1.82, 2.24) is 29.5 Å². The summed E-state index contributed by atoms with van der Waals surface area (Å²) in [5, 5.41) is 3.33. The van der Waals surface area contributed by atoms with E-state index < -0.39 is 17.8 Å². The molecule has 4 aromatic rings. The van der Waals surface area contributed by atoms with Crippen LogP contribution in [0.5, 0.6) is 5.88 Å². The summed E-state index contributed by atoms with van der Waals surface area (Å²) >= 11 is 0. The predicted octanol–water partition coefficient (Wildman–Crippen LogP) is 5.82. The van der Waals surface area contributed by atoms with Crippen molar-refractivity contribution in [2.24, 2.45) is 7.05 Å². The maximum Gasteiger partial charge on any atom is 0.434 e. The number of methoxy groups -OCH3 is 1. The van der Waals surface area contributed by atoms with Gasteiger partial charge in [-0.2, -0.15) is 13.2 Å². The lowest BCUT2D eigenvalue weighted by Gasteiger charge is -2.15. The smallest absolute Gasteiger partial charge is 0.434 e. The van der Waals surface area contributed by atoms with Crippen molar-refractivity contribution >= 4 is 17.4 Å². The Bertz CT molecular complexity index is 1660. The number of carbonyl (C=O) groups excluding carboxylic acids is 1. The lowest BCUT2D eigenvalue weighted by Crippen LogP contribution is -2.09. The number of esters is 1. The number of halogens is 3. The van der Waals surface area contributed by atoms with Crippen LogP contribution in [-0.4, -0.2) is 49.2 Å². The second kappa shape index (κ2) is 12.2. The normalized spacial score (nSPS) is 13.6. The summed E-state index contributed by atoms with van der Waals surface area (Å²) < 4.78 is 51.3. The molecule has 1 fully saturated rings. The first-order valence-electron chi connectivity index (χ1n) is 13.6. The maximum atomic E-state index is 13.1. The van der Waals surface area contributed by atoms with E-state index in [1.807, 2.05) is 0 Å². The first kappa shape index (κ1) is 29.7. The van der Waals surface area contributed by atoms with E-state index in [1.54, 1.807) is 44.3 Å². The van der Waals surface area contributed by atoms with Gasteiger partial charge in [0, 0.05) is 49.1 Å². The van der Waals surface area contributed by atoms with Crippen LogP contribution in [0.25, 0.3) is 28.3 Å². The molecule has 1 N–H and O–H groups in total. The van der Waals surface area contributed by atoms with Gasteiger partial charge in [0.15, 0.2) is 11.5 Å². The first-order valence-corrected chi connectivity index (χ1v) is 13.6. The van der Waals surface area contributed by atoms with Gasteiger partial charge < -0.3 is 19.4 Å². The van der Waals surface area contributed by atoms with Gasteiger partial charge in [-0.05, 0) is 37.8 Å². The zero-order chi connectivity index (χ0) is 30.7. The van der Waals surface area contributed by atoms with Gasteiger partial charge in [-0.1, -0.05) is 24.3 Å². The molecule has 0 atom stereocenters. The molecule has 1 aromatic carbocycles. The van der Waals surface area contributed by atoms with Gasteiger partial charge >= 0.3 is 12.1 Å². The summed E-state index contributed by atoms with van der Waals surface area (Å²) in [4.78, 5) is 34.1. The third-order valence-electron chi connectivity index (χ3n) is 6.90. The molecule has 3 aromatic heterocycles. The molecule has 13 heteroatoms. The number of imidazole rings is 1. The van der Waals surface area contributed by atoms with Crippen molar-refractivity contribution in [2.45, 2.75) is 45.3 Å². The Labute approximate surface area is 246 Å². The third-order valence-corrected chi connectivity index (χ3v) is 6.90. The van der Waals surface area contributed by atoms with E-state index in [4.69, 9.17) is 14.5 Å². The molecule has 1 aliphatic rings. The van der Waals surface area contributed by atoms with E-state index in [1.165, 1.54) is 31.1 Å². The Balaban J connectivity index is 1.46. The predicted molar refractivity (Wildman–Crippen MR) is 153 cm³/mol. The van der Waals surface area contributed by atoms with E-state index >= 15 is 0 Å². The van der Waals surface area contributed by atoms with Crippen molar-refractivity contribution in [3.63, 3.8) is 0 Å². The average Bonchev–Trinajstić information content (AvgIpc) is 3.75. The van der Waals surface area contributed by atoms with Crippen molar-refractivity contribution in [2.75, 3.05) is 19.0 Å². The van der Waals surface area contributed by atoms with Gasteiger partial charge in [0.2, 0.25) is 5.88 Å². The number of hydrogen-bond acceptors (Lipinski definition) is 9. The molecule has 0 aliphatic heterocycles. The fraction of sp³-hybridized carbons (Fsp3) is 0.333. The van der Waals surface area contributed by atoms with Crippen LogP contribution in [0.1, 0.15) is 55.1 Å². The van der Waals surface area contributed by atoms with Gasteiger partial charge in [0.1, 0.15) is 23.5 Å². The lowest BCUT2D eigenvalue weighted by atomic mass is 10.1. The Hall–Kier alpha value is -4.81. The van der Waals surface area contributed by atoms with Crippen LogP contribution >= 0.6 is 0 Å². The average molecular weight is 594 g/mol. The van der Waals surface area contributed by atoms with Crippen molar-refractivity contribution < 1.29 is 27.4 Å². The molecule has 0 unspecified atom stereocenters. The van der Waals surface area contributed by atoms with Crippen LogP contribution in [0.4, 0.5) is 19.0 Å². The highest BCUT2D eigenvalue weighted by atomic mass is 19.4. The number of aromatic nitrogens is 6. The Morgan fingerprint density at radius 2 is 1.88 bits per heavy atom. The molecule has 5 rings (SSSR count). The largest absolute Gasteiger partial charge is 0.480 e. The number of nitrogens with one attached hydrogen (secondary N) is 1. The molecule has 0 amide bonds. The third kappa shape index (κ3) is 6.65. The fourth-order valence-corrected chi connectivity index (χ4v) is 4.61. The monoisotopic (exact) mass is 593 g/mol. The van der Waals surface area contributed by atoms with E-state index in [-0.39, 0.29) is 18.3 Å². The van der Waals surface area contributed by atoms with Gasteiger partial charge in [-0.3, -0.25) is 0 Å². The number of nitrogens with zero attached hydrogens (tertiary/aromatic N) is 6. The number of aryl methyl sites for hydroxylation is 1. The van der Waals surface area contributed by atoms with E-state index in [9.17, 15) is 18.0 Å². The van der Waals surface area contributed by atoms with Crippen molar-refractivity contribution in [3.8, 4) is 28.7 Å². The van der Waals surface area contributed by atoms with Gasteiger partial charge in [-0.25, -0.2) is 29.7 Å². The number of anilines is 1. The summed E-state index contributed by atoms with van der Waals surface area (Å²) in [7, 11) is 3.05. The number of rotatable bonds is 10. The SMILES string of the molecule is CCOC(=O)/C=C(\C)c1cnc(-c2c(OC)ncnc2C2CC2)nc1NCc1ccc(-c2nc(C(F)(F)F)cn2C)cc1. The van der Waals surface area contributed by atoms with Gasteiger partial charge in [0.05, 0.1) is 19.4 Å². The van der Waals surface area contributed by atoms with Crippen LogP contribution in [0, 0.1) is 0 Å². The van der Waals surface area contributed by atoms with Crippen molar-refractivity contribution in [3.05, 3.63) is 71.6 Å². The Morgan fingerprint density at radius 3 is 2.51 bits per heavy atom. The topological polar surface area (TPSA) is 117 Å². The van der Waals surface area contributed by atoms with E-state index in [0.717, 1.165) is 30.3 Å². The van der Waals surface area contributed by atoms with Crippen LogP contribution in [-0.2, 0) is 29.3 Å². The molecular weight excluding hydrogens is 563 g/mol. The molecule has 0 spiro atoms. The summed E-state index contributed by atoms with van der Waals surface area (Å²) in [5.74, 6) is 1.20. The van der Waals surface area contributed by atoms with E-state index in [0.29, 0.717) is 46.3 Å². The van der Waals surface area contributed by atoms with Crippen LogP contribution in [0.2, 0.25) is 0 Å². The molecule has 3 heterocycles. The second-order valence-electron chi connectivity index (χ2n) is 10.1. The highest BCUT2D eigenvalue weighted by Crippen LogP contribution is 2.45. The minimum atomic E-state index is -4.52. The summed E-state index contributed by atoms with van der Waals surface area (Å²) in [6.45, 7) is 4.06. The van der Waals surface area contributed by atoms with Gasteiger partial charge in [0.25, 0.3) is 0 Å². The molecule has 0 saturated heterocycles. The molecule has 43 heavy (non-hydrogen) atoms. The number of carbonyl (C=O) groups is 1. The second-order valence-corrected chi connectivity index (χ2v) is 10.1. The van der Waals surface area contributed by atoms with E-state index in [2.05, 4.69) is 25.3 Å². The first-order chi connectivity index (χ1) is 20.6. The van der Waals surface area contributed by atoms with Crippen LogP contribution in [0.3, 0.4) is 0 Å². The molecule has 0 bridgehead atoms. The molecule has 1 aliphatic carbocycles. The molecule has 224 valence electrons. The number of alkyl halides is 3. The Kier molecular flexibility index (Phi) is 8.42. The minimum Gasteiger partial charge on any atom is -0.480 e. The summed E-state index contributed by atoms with van der Waals surface area (Å²) in [6, 6.07) is 7.02. The number of hydrogen-bond donors (Lipinski definition) is 1. The van der Waals surface area contributed by atoms with Crippen LogP contribution < -0.4 is 10.1 Å². The molecular formula is C30H30F3N7O3. The van der Waals surface area contributed by atoms with Crippen LogP contribution in [0.15, 0.2) is 49.1 Å². The molecule has 10 nitrogen and oxygen atoms in total. The minimum absolute atomic E-state index is 0.208. The van der Waals surface area contributed by atoms with Gasteiger partial charge in [-0.15, -0.1) is 0 Å². The Morgan fingerprint density at radius 1 is 1.14 bits per heavy atom. The maximum absolute atomic E-state index is 13.1.